The smallest absolute Gasteiger partial charge is 0.462 e. The van der Waals surface area contributed by atoms with Gasteiger partial charge in [-0.25, -0.2) is 9.13 Å². The number of esters is 4. The Hall–Kier alpha value is -1.94. The van der Waals surface area contributed by atoms with Gasteiger partial charge in [0.2, 0.25) is 0 Å². The molecule has 0 fully saturated rings. The average molecular weight is 1340 g/mol. The van der Waals surface area contributed by atoms with Crippen LogP contribution in [0.2, 0.25) is 0 Å². The van der Waals surface area contributed by atoms with Crippen LogP contribution in [-0.4, -0.2) is 96.7 Å². The van der Waals surface area contributed by atoms with Crippen LogP contribution in [0.4, 0.5) is 0 Å². The van der Waals surface area contributed by atoms with Gasteiger partial charge in [-0.15, -0.1) is 0 Å². The highest BCUT2D eigenvalue weighted by molar-refractivity contribution is 7.47. The van der Waals surface area contributed by atoms with Gasteiger partial charge in [0.15, 0.2) is 12.2 Å². The minimum atomic E-state index is -4.95. The number of hydrogen-bond acceptors (Lipinski definition) is 15. The third-order valence-corrected chi connectivity index (χ3v) is 18.8. The van der Waals surface area contributed by atoms with Gasteiger partial charge in [-0.3, -0.25) is 37.3 Å². The van der Waals surface area contributed by atoms with Crippen LogP contribution in [0.5, 0.6) is 0 Å². The molecule has 0 spiro atoms. The van der Waals surface area contributed by atoms with Gasteiger partial charge in [-0.1, -0.05) is 306 Å². The molecule has 17 nitrogen and oxygen atoms in total. The Morgan fingerprint density at radius 1 is 0.308 bits per heavy atom. The fourth-order valence-corrected chi connectivity index (χ4v) is 12.4. The Bertz CT molecular complexity index is 1800. The first-order chi connectivity index (χ1) is 43.6. The van der Waals surface area contributed by atoms with Crippen LogP contribution in [0.1, 0.15) is 357 Å². The molecule has 540 valence electrons. The number of phosphoric acid groups is 2. The Morgan fingerprint density at radius 3 is 0.780 bits per heavy atom. The van der Waals surface area contributed by atoms with Crippen LogP contribution in [0.3, 0.4) is 0 Å². The van der Waals surface area contributed by atoms with Gasteiger partial charge in [-0.2, -0.15) is 0 Å². The normalized spacial score (nSPS) is 14.5. The Kier molecular flexibility index (Phi) is 60.3. The lowest BCUT2D eigenvalue weighted by atomic mass is 10.00. The topological polar surface area (TPSA) is 237 Å². The van der Waals surface area contributed by atoms with Crippen molar-refractivity contribution in [3.63, 3.8) is 0 Å². The van der Waals surface area contributed by atoms with Crippen LogP contribution in [-0.2, 0) is 65.4 Å². The fourth-order valence-electron chi connectivity index (χ4n) is 10.8. The zero-order valence-corrected chi connectivity index (χ0v) is 61.3. The molecule has 0 rings (SSSR count). The summed E-state index contributed by atoms with van der Waals surface area (Å²) in [6, 6.07) is 0. The molecule has 91 heavy (non-hydrogen) atoms. The quantitative estimate of drug-likeness (QED) is 0.0222. The van der Waals surface area contributed by atoms with Gasteiger partial charge in [0, 0.05) is 25.7 Å². The van der Waals surface area contributed by atoms with Crippen LogP contribution in [0, 0.1) is 23.7 Å². The summed E-state index contributed by atoms with van der Waals surface area (Å²) in [5, 5.41) is 10.6. The molecule has 0 radical (unpaired) electrons. The molecule has 6 atom stereocenters. The van der Waals surface area contributed by atoms with Crippen molar-refractivity contribution in [2.24, 2.45) is 23.7 Å². The highest BCUT2D eigenvalue weighted by Crippen LogP contribution is 2.45. The first-order valence-electron chi connectivity index (χ1n) is 37.2. The molecule has 0 amide bonds. The maximum absolute atomic E-state index is 13.0. The maximum atomic E-state index is 13.0. The molecule has 0 aliphatic carbocycles. The van der Waals surface area contributed by atoms with E-state index in [4.69, 9.17) is 37.0 Å². The number of carbonyl (C=O) groups is 4. The summed E-state index contributed by atoms with van der Waals surface area (Å²) in [6.07, 6.45) is 44.4. The summed E-state index contributed by atoms with van der Waals surface area (Å²) in [7, 11) is -9.91. The molecule has 0 heterocycles. The van der Waals surface area contributed by atoms with E-state index < -0.39 is 97.5 Å². The van der Waals surface area contributed by atoms with E-state index in [0.29, 0.717) is 25.7 Å². The predicted octanol–water partition coefficient (Wildman–Crippen LogP) is 20.5. The Labute approximate surface area is 556 Å². The van der Waals surface area contributed by atoms with E-state index in [1.807, 2.05) is 0 Å². The highest BCUT2D eigenvalue weighted by Gasteiger charge is 2.30. The molecule has 0 saturated heterocycles. The van der Waals surface area contributed by atoms with Crippen molar-refractivity contribution in [1.82, 2.24) is 0 Å². The minimum Gasteiger partial charge on any atom is -0.462 e. The fraction of sp³-hybridized carbons (Fsp3) is 0.944. The molecule has 3 unspecified atom stereocenters. The molecule has 0 bridgehead atoms. The van der Waals surface area contributed by atoms with Crippen molar-refractivity contribution in [3.05, 3.63) is 0 Å². The van der Waals surface area contributed by atoms with Crippen molar-refractivity contribution >= 4 is 39.5 Å². The van der Waals surface area contributed by atoms with Crippen molar-refractivity contribution < 1.29 is 80.2 Å². The Balaban J connectivity index is 5.25. The van der Waals surface area contributed by atoms with E-state index in [9.17, 15) is 43.2 Å². The third kappa shape index (κ3) is 65.1. The molecule has 0 aliphatic heterocycles. The van der Waals surface area contributed by atoms with Crippen LogP contribution in [0.15, 0.2) is 0 Å². The summed E-state index contributed by atoms with van der Waals surface area (Å²) in [4.78, 5) is 72.6. The third-order valence-electron chi connectivity index (χ3n) is 16.9. The number of aliphatic hydroxyl groups excluding tert-OH is 1. The van der Waals surface area contributed by atoms with E-state index in [1.54, 1.807) is 0 Å². The van der Waals surface area contributed by atoms with E-state index in [1.165, 1.54) is 154 Å². The highest BCUT2D eigenvalue weighted by atomic mass is 31.2. The van der Waals surface area contributed by atoms with Gasteiger partial charge in [0.25, 0.3) is 0 Å². The second-order valence-electron chi connectivity index (χ2n) is 27.6. The first-order valence-corrected chi connectivity index (χ1v) is 40.2. The molecule has 0 saturated carbocycles. The van der Waals surface area contributed by atoms with Gasteiger partial charge < -0.3 is 33.8 Å². The molecular formula is C72H140O17P2. The average Bonchev–Trinajstić information content (AvgIpc) is 3.48. The van der Waals surface area contributed by atoms with E-state index >= 15 is 0 Å². The number of hydrogen-bond donors (Lipinski definition) is 3. The van der Waals surface area contributed by atoms with Gasteiger partial charge in [0.1, 0.15) is 19.3 Å². The second-order valence-corrected chi connectivity index (χ2v) is 30.6. The summed E-state index contributed by atoms with van der Waals surface area (Å²) < 4.78 is 68.4. The zero-order valence-electron chi connectivity index (χ0n) is 59.5. The number of rotatable bonds is 69. The lowest BCUT2D eigenvalue weighted by Gasteiger charge is -2.21. The minimum absolute atomic E-state index is 0.104. The first kappa shape index (κ1) is 89.1. The molecule has 0 aliphatic rings. The number of aliphatic hydroxyl groups is 1. The van der Waals surface area contributed by atoms with Gasteiger partial charge >= 0.3 is 39.5 Å². The summed E-state index contributed by atoms with van der Waals surface area (Å²) >= 11 is 0. The van der Waals surface area contributed by atoms with Crippen molar-refractivity contribution in [1.29, 1.82) is 0 Å². The van der Waals surface area contributed by atoms with Crippen LogP contribution in [0.25, 0.3) is 0 Å². The van der Waals surface area contributed by atoms with E-state index in [0.717, 1.165) is 120 Å². The number of phosphoric ester groups is 2. The standard InChI is InChI=1S/C72H140O17P2/c1-9-65(8)51-43-35-30-31-37-45-53-70(75)83-59-68(89-71(76)54-46-38-28-22-16-15-19-25-33-41-49-63(4)5)61-87-91(80,81)85-57-66(73)56-84-90(78,79)86-60-67(88-72(77)55-47-39-29-23-17-20-26-34-42-50-64(6)7)58-82-69(74)52-44-36-27-21-14-12-10-11-13-18-24-32-40-48-62(2)3/h62-68,73H,9-61H2,1-8H3,(H,78,79)(H,80,81)/t65?,66-,67-,68-/m1/s1. The summed E-state index contributed by atoms with van der Waals surface area (Å²) in [5.41, 5.74) is 0. The SMILES string of the molecule is CCC(C)CCCCCCCCC(=O)OC[C@H](COP(=O)(O)OC[C@H](O)COP(=O)(O)OC[C@@H](COC(=O)CCCCCCCCCCCCCCCC(C)C)OC(=O)CCCCCCCCCCCC(C)C)OC(=O)CCCCCCCCCCCCC(C)C. The van der Waals surface area contributed by atoms with Crippen molar-refractivity contribution in [2.75, 3.05) is 39.6 Å². The van der Waals surface area contributed by atoms with E-state index in [-0.39, 0.29) is 25.7 Å². The largest absolute Gasteiger partial charge is 0.472 e. The second kappa shape index (κ2) is 61.6. The monoisotopic (exact) mass is 1340 g/mol. The number of unbranched alkanes of at least 4 members (excludes halogenated alkanes) is 34. The molecule has 3 N–H and O–H groups in total. The van der Waals surface area contributed by atoms with E-state index in [2.05, 4.69) is 55.4 Å². The predicted molar refractivity (Wildman–Crippen MR) is 367 cm³/mol. The lowest BCUT2D eigenvalue weighted by molar-refractivity contribution is -0.161. The molecular weight excluding hydrogens is 1200 g/mol. The summed E-state index contributed by atoms with van der Waals surface area (Å²) in [5.74, 6) is 0.883. The van der Waals surface area contributed by atoms with Crippen molar-refractivity contribution in [2.45, 2.75) is 375 Å². The molecule has 0 aromatic heterocycles. The van der Waals surface area contributed by atoms with Gasteiger partial charge in [0.05, 0.1) is 26.4 Å². The maximum Gasteiger partial charge on any atom is 0.472 e. The molecule has 19 heteroatoms. The number of carbonyl (C=O) groups excluding carboxylic acids is 4. The molecule has 0 aromatic rings. The van der Waals surface area contributed by atoms with Crippen molar-refractivity contribution in [3.8, 4) is 0 Å². The lowest BCUT2D eigenvalue weighted by Crippen LogP contribution is -2.30. The van der Waals surface area contributed by atoms with Crippen LogP contribution < -0.4 is 0 Å². The van der Waals surface area contributed by atoms with Gasteiger partial charge in [-0.05, 0) is 49.4 Å². The van der Waals surface area contributed by atoms with Crippen LogP contribution >= 0.6 is 15.6 Å². The zero-order chi connectivity index (χ0) is 67.5. The Morgan fingerprint density at radius 2 is 0.527 bits per heavy atom. The number of ether oxygens (including phenoxy) is 4. The summed E-state index contributed by atoms with van der Waals surface area (Å²) in [6.45, 7) is 14.1. The molecule has 0 aromatic carbocycles.